The number of hydrogen-bond acceptors (Lipinski definition) is 3. The molecule has 3 N–H and O–H groups in total. The van der Waals surface area contributed by atoms with Crippen molar-refractivity contribution in [2.75, 3.05) is 0 Å². The van der Waals surface area contributed by atoms with E-state index in [0.717, 1.165) is 49.7 Å². The Bertz CT molecular complexity index is 635. The van der Waals surface area contributed by atoms with Crippen molar-refractivity contribution in [3.05, 3.63) is 17.2 Å². The number of phenols is 3. The van der Waals surface area contributed by atoms with Crippen LogP contribution in [0.4, 0.5) is 0 Å². The third-order valence-electron chi connectivity index (χ3n) is 6.53. The van der Waals surface area contributed by atoms with Gasteiger partial charge in [-0.25, -0.2) is 0 Å². The average Bonchev–Trinajstić information content (AvgIpc) is 3.39. The van der Waals surface area contributed by atoms with Gasteiger partial charge in [0.15, 0.2) is 11.5 Å². The fourth-order valence-electron chi connectivity index (χ4n) is 3.74. The molecule has 1 aliphatic carbocycles. The quantitative estimate of drug-likeness (QED) is 0.114. The summed E-state index contributed by atoms with van der Waals surface area (Å²) in [6, 6.07) is 1.90. The number of halogens is 1. The van der Waals surface area contributed by atoms with Gasteiger partial charge < -0.3 is 15.3 Å². The van der Waals surface area contributed by atoms with E-state index in [1.165, 1.54) is 44.9 Å². The number of alkyl halides is 1. The Morgan fingerprint density at radius 3 is 1.89 bits per heavy atom. The minimum Gasteiger partial charge on any atom is -0.504 e. The second-order valence-electron chi connectivity index (χ2n) is 9.53. The smallest absolute Gasteiger partial charge is 0.200 e. The summed E-state index contributed by atoms with van der Waals surface area (Å²) in [7, 11) is 0. The van der Waals surface area contributed by atoms with Crippen molar-refractivity contribution < 1.29 is 15.3 Å². The van der Waals surface area contributed by atoms with Crippen LogP contribution in [0.2, 0.25) is 0 Å². The van der Waals surface area contributed by atoms with E-state index in [0.29, 0.717) is 8.84 Å². The molecule has 0 unspecified atom stereocenters. The minimum absolute atomic E-state index is 0.140. The van der Waals surface area contributed by atoms with Crippen LogP contribution in [-0.4, -0.2) is 18.7 Å². The lowest BCUT2D eigenvalue weighted by Gasteiger charge is -2.22. The van der Waals surface area contributed by atoms with E-state index in [1.54, 1.807) is 0 Å². The zero-order valence-electron chi connectivity index (χ0n) is 18.0. The molecule has 1 fully saturated rings. The van der Waals surface area contributed by atoms with Crippen molar-refractivity contribution in [3.63, 3.8) is 0 Å². The summed E-state index contributed by atoms with van der Waals surface area (Å²) in [6.45, 7) is 6.87. The molecule has 2 rings (SSSR count). The molecule has 1 aromatic carbocycles. The first kappa shape index (κ1) is 23.6. The number of benzene rings is 1. The van der Waals surface area contributed by atoms with Crippen LogP contribution in [0.15, 0.2) is 6.07 Å². The van der Waals surface area contributed by atoms with Gasteiger partial charge in [-0.15, -0.1) is 0 Å². The second-order valence-corrected chi connectivity index (χ2v) is 11.8. The molecule has 0 radical (unpaired) electrons. The number of aromatic hydroxyl groups is 3. The van der Waals surface area contributed by atoms with Gasteiger partial charge in [-0.05, 0) is 74.0 Å². The Labute approximate surface area is 185 Å². The summed E-state index contributed by atoms with van der Waals surface area (Å²) >= 11 is 2.59. The van der Waals surface area contributed by atoms with Crippen LogP contribution in [0.25, 0.3) is 0 Å². The highest BCUT2D eigenvalue weighted by atomic mass is 127. The maximum atomic E-state index is 10.2. The van der Waals surface area contributed by atoms with Gasteiger partial charge in [-0.3, -0.25) is 0 Å². The summed E-state index contributed by atoms with van der Waals surface area (Å²) in [5.41, 5.74) is 1.94. The fourth-order valence-corrected chi connectivity index (χ4v) is 4.39. The molecular weight excluding hydrogens is 463 g/mol. The third kappa shape index (κ3) is 7.31. The van der Waals surface area contributed by atoms with Crippen molar-refractivity contribution in [1.82, 2.24) is 0 Å². The van der Waals surface area contributed by atoms with Gasteiger partial charge in [0.2, 0.25) is 5.75 Å². The predicted molar refractivity (Wildman–Crippen MR) is 126 cm³/mol. The highest BCUT2D eigenvalue weighted by Crippen LogP contribution is 2.49. The molecule has 1 saturated carbocycles. The minimum atomic E-state index is -0.344. The van der Waals surface area contributed by atoms with Crippen molar-refractivity contribution in [2.45, 2.75) is 108 Å². The lowest BCUT2D eigenvalue weighted by atomic mass is 9.84. The van der Waals surface area contributed by atoms with E-state index in [-0.39, 0.29) is 17.2 Å². The molecule has 4 heteroatoms. The molecule has 0 aromatic heterocycles. The Balaban J connectivity index is 1.81. The number of unbranched alkanes of at least 4 members (excludes halogenated alkanes) is 4. The van der Waals surface area contributed by atoms with Crippen molar-refractivity contribution in [1.29, 1.82) is 0 Å². The molecule has 0 heterocycles. The first-order valence-electron chi connectivity index (χ1n) is 11.1. The standard InChI is InChI=1S/C24H39IO3/c1-4-23(2,3)13-9-5-7-11-18-17-19(21(27)22(28)20(18)26)12-8-6-10-14-24(25)15-16-24/h17,26-28H,4-16H2,1-3H3. The van der Waals surface area contributed by atoms with E-state index in [4.69, 9.17) is 0 Å². The molecule has 0 atom stereocenters. The number of aryl methyl sites for hydroxylation is 2. The first-order chi connectivity index (χ1) is 13.2. The summed E-state index contributed by atoms with van der Waals surface area (Å²) in [4.78, 5) is 0. The maximum Gasteiger partial charge on any atom is 0.200 e. The molecule has 28 heavy (non-hydrogen) atoms. The fraction of sp³-hybridized carbons (Fsp3) is 0.750. The number of hydrogen-bond donors (Lipinski definition) is 3. The van der Waals surface area contributed by atoms with Crippen LogP contribution in [0.3, 0.4) is 0 Å². The van der Waals surface area contributed by atoms with Gasteiger partial charge in [0.05, 0.1) is 0 Å². The SMILES string of the molecule is CCC(C)(C)CCCCCc1cc(CCCCCC2(I)CC2)c(O)c(O)c1O. The Kier molecular flexibility index (Phi) is 8.78. The lowest BCUT2D eigenvalue weighted by molar-refractivity contribution is 0.308. The Hall–Kier alpha value is -0.650. The molecule has 1 aliphatic rings. The van der Waals surface area contributed by atoms with Gasteiger partial charge in [-0.1, -0.05) is 75.5 Å². The van der Waals surface area contributed by atoms with E-state index in [2.05, 4.69) is 43.4 Å². The van der Waals surface area contributed by atoms with Gasteiger partial charge in [0.1, 0.15) is 0 Å². The van der Waals surface area contributed by atoms with Crippen LogP contribution in [0.1, 0.15) is 103 Å². The second kappa shape index (κ2) is 10.4. The third-order valence-corrected chi connectivity index (χ3v) is 8.14. The lowest BCUT2D eigenvalue weighted by Crippen LogP contribution is -2.08. The summed E-state index contributed by atoms with van der Waals surface area (Å²) < 4.78 is 0.580. The van der Waals surface area contributed by atoms with Crippen LogP contribution >= 0.6 is 22.6 Å². The average molecular weight is 502 g/mol. The largest absolute Gasteiger partial charge is 0.504 e. The monoisotopic (exact) mass is 502 g/mol. The van der Waals surface area contributed by atoms with E-state index in [9.17, 15) is 15.3 Å². The molecule has 0 spiro atoms. The normalized spacial score (nSPS) is 15.7. The number of phenolic OH excluding ortho intramolecular Hbond substituents is 3. The zero-order valence-corrected chi connectivity index (χ0v) is 20.1. The topological polar surface area (TPSA) is 60.7 Å². The van der Waals surface area contributed by atoms with E-state index >= 15 is 0 Å². The van der Waals surface area contributed by atoms with Crippen molar-refractivity contribution in [2.24, 2.45) is 5.41 Å². The molecule has 0 aliphatic heterocycles. The van der Waals surface area contributed by atoms with Crippen molar-refractivity contribution in [3.8, 4) is 17.2 Å². The van der Waals surface area contributed by atoms with Crippen molar-refractivity contribution >= 4 is 22.6 Å². The molecule has 0 saturated heterocycles. The van der Waals surface area contributed by atoms with Gasteiger partial charge >= 0.3 is 0 Å². The Morgan fingerprint density at radius 2 is 1.39 bits per heavy atom. The number of rotatable bonds is 13. The molecule has 1 aromatic rings. The van der Waals surface area contributed by atoms with Crippen LogP contribution in [0, 0.1) is 5.41 Å². The zero-order chi connectivity index (χ0) is 20.8. The highest BCUT2D eigenvalue weighted by molar-refractivity contribution is 14.1. The van der Waals surface area contributed by atoms with Gasteiger partial charge in [0.25, 0.3) is 0 Å². The van der Waals surface area contributed by atoms with Gasteiger partial charge in [-0.2, -0.15) is 0 Å². The summed E-state index contributed by atoms with van der Waals surface area (Å²) in [6.07, 6.45) is 14.6. The van der Waals surface area contributed by atoms with Crippen LogP contribution in [0.5, 0.6) is 17.2 Å². The molecule has 0 bridgehead atoms. The predicted octanol–water partition coefficient (Wildman–Crippen LogP) is 7.41. The van der Waals surface area contributed by atoms with E-state index < -0.39 is 0 Å². The maximum absolute atomic E-state index is 10.2. The molecular formula is C24H39IO3. The van der Waals surface area contributed by atoms with Crippen LogP contribution in [-0.2, 0) is 12.8 Å². The summed E-state index contributed by atoms with van der Waals surface area (Å²) in [5.74, 6) is -0.627. The van der Waals surface area contributed by atoms with E-state index in [1.807, 2.05) is 6.07 Å². The van der Waals surface area contributed by atoms with Gasteiger partial charge in [0, 0.05) is 3.42 Å². The molecule has 3 nitrogen and oxygen atoms in total. The summed E-state index contributed by atoms with van der Waals surface area (Å²) in [5, 5.41) is 30.6. The first-order valence-corrected chi connectivity index (χ1v) is 12.2. The highest BCUT2D eigenvalue weighted by Gasteiger charge is 2.38. The Morgan fingerprint density at radius 1 is 0.857 bits per heavy atom. The molecule has 0 amide bonds. The van der Waals surface area contributed by atoms with Crippen LogP contribution < -0.4 is 0 Å². The molecule has 160 valence electrons.